The number of hydrogen-bond acceptors (Lipinski definition) is 1. The summed E-state index contributed by atoms with van der Waals surface area (Å²) >= 11 is 0. The van der Waals surface area contributed by atoms with Gasteiger partial charge in [-0.05, 0) is 0 Å². The SMILES string of the molecule is O=[C-]O.[Li+]. The Bertz CT molecular complexity index is 13.5. The fourth-order valence-electron chi connectivity index (χ4n) is 0. The zero-order valence-electron chi connectivity index (χ0n) is 2.36. The Kier molecular flexibility index (Phi) is 25.8. The van der Waals surface area contributed by atoms with Crippen LogP contribution in [0.15, 0.2) is 0 Å². The Balaban J connectivity index is 0. The van der Waals surface area contributed by atoms with E-state index in [0.29, 0.717) is 6.47 Å². The molecule has 0 aliphatic heterocycles. The second-order valence-electron chi connectivity index (χ2n) is 0.0913. The minimum Gasteiger partial charge on any atom is -0.665 e. The molecule has 0 radical (unpaired) electrons. The molecule has 0 aliphatic rings. The molecule has 2 nitrogen and oxygen atoms in total. The molecular weight excluding hydrogens is 51.0 g/mol. The maximum atomic E-state index is 8.24. The van der Waals surface area contributed by atoms with Crippen molar-refractivity contribution in [3.8, 4) is 0 Å². The summed E-state index contributed by atoms with van der Waals surface area (Å²) in [5.41, 5.74) is 0. The molecule has 0 heterocycles. The van der Waals surface area contributed by atoms with Crippen LogP contribution < -0.4 is 18.9 Å². The van der Waals surface area contributed by atoms with E-state index in [4.69, 9.17) is 9.90 Å². The first-order valence-corrected chi connectivity index (χ1v) is 0.428. The largest absolute Gasteiger partial charge is 1.00 e. The Morgan fingerprint density at radius 2 is 1.75 bits per heavy atom. The molecule has 3 heteroatoms. The van der Waals surface area contributed by atoms with Gasteiger partial charge >= 0.3 is 18.9 Å². The second-order valence-corrected chi connectivity index (χ2v) is 0.0913. The topological polar surface area (TPSA) is 37.3 Å². The normalized spacial score (nSPS) is 3.00. The maximum Gasteiger partial charge on any atom is 1.00 e. The molecule has 4 heavy (non-hydrogen) atoms. The molecule has 0 aliphatic carbocycles. The molecule has 0 bridgehead atoms. The van der Waals surface area contributed by atoms with Crippen LogP contribution in [0.1, 0.15) is 0 Å². The van der Waals surface area contributed by atoms with Crippen LogP contribution in [0.25, 0.3) is 0 Å². The van der Waals surface area contributed by atoms with Gasteiger partial charge in [-0.25, -0.2) is 0 Å². The maximum absolute atomic E-state index is 8.24. The van der Waals surface area contributed by atoms with Gasteiger partial charge in [-0.2, -0.15) is 0 Å². The van der Waals surface area contributed by atoms with E-state index >= 15 is 0 Å². The summed E-state index contributed by atoms with van der Waals surface area (Å²) < 4.78 is 0. The van der Waals surface area contributed by atoms with Crippen LogP contribution in [0.3, 0.4) is 0 Å². The van der Waals surface area contributed by atoms with Crippen LogP contribution >= 0.6 is 0 Å². The molecule has 0 spiro atoms. The van der Waals surface area contributed by atoms with Crippen molar-refractivity contribution in [3.63, 3.8) is 0 Å². The van der Waals surface area contributed by atoms with Crippen molar-refractivity contribution in [2.45, 2.75) is 0 Å². The molecule has 0 rings (SSSR count). The summed E-state index contributed by atoms with van der Waals surface area (Å²) in [7, 11) is 0. The van der Waals surface area contributed by atoms with Crippen molar-refractivity contribution in [1.82, 2.24) is 0 Å². The minimum absolute atomic E-state index is 0. The van der Waals surface area contributed by atoms with Gasteiger partial charge in [0.25, 0.3) is 0 Å². The van der Waals surface area contributed by atoms with Gasteiger partial charge in [-0.3, -0.25) is 0 Å². The van der Waals surface area contributed by atoms with Crippen LogP contribution in [-0.4, -0.2) is 11.6 Å². The molecular formula is CHLiO2. The molecule has 0 aromatic rings. The predicted molar refractivity (Wildman–Crippen MR) is 8.32 cm³/mol. The molecule has 0 atom stereocenters. The van der Waals surface area contributed by atoms with Gasteiger partial charge in [-0.1, -0.05) is 6.47 Å². The fraction of sp³-hybridized carbons (Fsp3) is 0. The number of aliphatic hydroxyl groups excluding tert-OH is 1. The molecule has 0 fully saturated rings. The Labute approximate surface area is 36.0 Å². The van der Waals surface area contributed by atoms with E-state index in [1.807, 2.05) is 0 Å². The average Bonchev–Trinajstić information content (AvgIpc) is 0.918. The van der Waals surface area contributed by atoms with E-state index in [1.54, 1.807) is 0 Å². The van der Waals surface area contributed by atoms with Gasteiger partial charge in [0.1, 0.15) is 0 Å². The first-order chi connectivity index (χ1) is 1.41. The summed E-state index contributed by atoms with van der Waals surface area (Å²) in [5.74, 6) is 0. The molecule has 18 valence electrons. The van der Waals surface area contributed by atoms with Gasteiger partial charge in [0.05, 0.1) is 0 Å². The van der Waals surface area contributed by atoms with E-state index in [0.717, 1.165) is 0 Å². The minimum atomic E-state index is 0. The molecule has 0 saturated heterocycles. The summed E-state index contributed by atoms with van der Waals surface area (Å²) in [5, 5.41) is 6.76. The van der Waals surface area contributed by atoms with E-state index in [-0.39, 0.29) is 18.9 Å². The Morgan fingerprint density at radius 3 is 1.75 bits per heavy atom. The fourth-order valence-corrected chi connectivity index (χ4v) is 0. The summed E-state index contributed by atoms with van der Waals surface area (Å²) in [6.07, 6.45) is 0. The predicted octanol–water partition coefficient (Wildman–Crippen LogP) is -3.38. The van der Waals surface area contributed by atoms with Crippen LogP contribution in [0, 0.1) is 0 Å². The van der Waals surface area contributed by atoms with Crippen molar-refractivity contribution in [2.24, 2.45) is 0 Å². The Hall–Kier alpha value is 0.0674. The molecule has 0 unspecified atom stereocenters. The standard InChI is InChI=1S/CHO2.Li/c2-1-3;/h(H,2,3);/q-1;+1. The van der Waals surface area contributed by atoms with Crippen molar-refractivity contribution in [2.75, 3.05) is 0 Å². The molecule has 0 amide bonds. The van der Waals surface area contributed by atoms with E-state index in [1.165, 1.54) is 0 Å². The third-order valence-corrected chi connectivity index (χ3v) is 0. The summed E-state index contributed by atoms with van der Waals surface area (Å²) in [4.78, 5) is 8.24. The van der Waals surface area contributed by atoms with E-state index < -0.39 is 0 Å². The van der Waals surface area contributed by atoms with Crippen molar-refractivity contribution < 1.29 is 28.8 Å². The van der Waals surface area contributed by atoms with Crippen molar-refractivity contribution in [3.05, 3.63) is 0 Å². The van der Waals surface area contributed by atoms with Crippen LogP contribution in [0.2, 0.25) is 0 Å². The number of hydrogen-bond donors (Lipinski definition) is 1. The van der Waals surface area contributed by atoms with E-state index in [2.05, 4.69) is 0 Å². The monoisotopic (exact) mass is 52.0 g/mol. The summed E-state index contributed by atoms with van der Waals surface area (Å²) in [6.45, 7) is 0.500. The molecule has 1 N–H and O–H groups in total. The van der Waals surface area contributed by atoms with Crippen molar-refractivity contribution >= 4 is 6.47 Å². The molecule has 0 saturated carbocycles. The van der Waals surface area contributed by atoms with Gasteiger partial charge < -0.3 is 9.90 Å². The van der Waals surface area contributed by atoms with Crippen LogP contribution in [0.5, 0.6) is 0 Å². The van der Waals surface area contributed by atoms with Crippen LogP contribution in [0.4, 0.5) is 0 Å². The zero-order chi connectivity index (χ0) is 2.71. The first kappa shape index (κ1) is 8.95. The van der Waals surface area contributed by atoms with Gasteiger partial charge in [-0.15, -0.1) is 0 Å². The summed E-state index contributed by atoms with van der Waals surface area (Å²) in [6, 6.07) is 0. The van der Waals surface area contributed by atoms with Crippen molar-refractivity contribution in [1.29, 1.82) is 0 Å². The van der Waals surface area contributed by atoms with E-state index in [9.17, 15) is 0 Å². The van der Waals surface area contributed by atoms with Gasteiger partial charge in [0, 0.05) is 0 Å². The first-order valence-electron chi connectivity index (χ1n) is 0.428. The van der Waals surface area contributed by atoms with Gasteiger partial charge in [0.15, 0.2) is 0 Å². The smallest absolute Gasteiger partial charge is 0.665 e. The van der Waals surface area contributed by atoms with Gasteiger partial charge in [0.2, 0.25) is 0 Å². The third-order valence-electron chi connectivity index (χ3n) is 0. The van der Waals surface area contributed by atoms with Crippen LogP contribution in [-0.2, 0) is 4.79 Å². The zero-order valence-corrected chi connectivity index (χ0v) is 2.36. The molecule has 0 aromatic carbocycles. The average molecular weight is 52.0 g/mol. The third kappa shape index (κ3) is 518. The Morgan fingerprint density at radius 1 is 1.75 bits per heavy atom. The number of rotatable bonds is 0. The molecule has 0 aromatic heterocycles. The quantitative estimate of drug-likeness (QED) is 0.230. The second kappa shape index (κ2) is 11.5.